The lowest BCUT2D eigenvalue weighted by Gasteiger charge is -2.30. The van der Waals surface area contributed by atoms with Gasteiger partial charge in [0, 0.05) is 4.88 Å². The largest absolute Gasteiger partial charge is 0.466 e. The maximum atomic E-state index is 12.5. The number of likely N-dealkylation sites (tertiary alicyclic amines) is 1. The summed E-state index contributed by atoms with van der Waals surface area (Å²) in [6, 6.07) is 2.29. The molecule has 6 nitrogen and oxygen atoms in total. The second-order valence-electron chi connectivity index (χ2n) is 7.52. The van der Waals surface area contributed by atoms with Gasteiger partial charge < -0.3 is 10.1 Å². The molecule has 1 amide bonds. The van der Waals surface area contributed by atoms with Crippen LogP contribution in [0.3, 0.4) is 0 Å². The Morgan fingerprint density at radius 2 is 2.07 bits per heavy atom. The zero-order valence-corrected chi connectivity index (χ0v) is 16.9. The predicted molar refractivity (Wildman–Crippen MR) is 105 cm³/mol. The zero-order chi connectivity index (χ0) is 19.4. The number of nitrogens with one attached hydrogen (secondary N) is 1. The van der Waals surface area contributed by atoms with Gasteiger partial charge in [-0.25, -0.2) is 0 Å². The Kier molecular flexibility index (Phi) is 6.51. The Hall–Kier alpha value is -1.91. The first kappa shape index (κ1) is 19.8. The van der Waals surface area contributed by atoms with Gasteiger partial charge in [-0.05, 0) is 63.6 Å². The zero-order valence-electron chi connectivity index (χ0n) is 16.0. The molecule has 1 aromatic heterocycles. The van der Waals surface area contributed by atoms with Crippen LogP contribution in [0.5, 0.6) is 0 Å². The van der Waals surface area contributed by atoms with Crippen LogP contribution in [0.4, 0.5) is 5.00 Å². The monoisotopic (exact) mass is 389 g/mol. The van der Waals surface area contributed by atoms with Crippen molar-refractivity contribution in [3.63, 3.8) is 0 Å². The van der Waals surface area contributed by atoms with E-state index in [9.17, 15) is 14.9 Å². The molecule has 0 saturated carbocycles. The number of hydrogen-bond donors (Lipinski definition) is 1. The van der Waals surface area contributed by atoms with E-state index in [0.717, 1.165) is 37.7 Å². The third-order valence-electron chi connectivity index (χ3n) is 5.45. The average Bonchev–Trinajstić information content (AvgIpc) is 2.98. The molecule has 1 aliphatic heterocycles. The minimum Gasteiger partial charge on any atom is -0.466 e. The number of rotatable bonds is 5. The number of thiophene rings is 1. The molecule has 2 aliphatic rings. The Bertz CT molecular complexity index is 744. The fraction of sp³-hybridized carbons (Fsp3) is 0.650. The predicted octanol–water partition coefficient (Wildman–Crippen LogP) is 2.96. The van der Waals surface area contributed by atoms with Crippen LogP contribution in [0.1, 0.15) is 49.1 Å². The minimum atomic E-state index is -0.126. The summed E-state index contributed by atoms with van der Waals surface area (Å²) in [5.74, 6) is 0.360. The summed E-state index contributed by atoms with van der Waals surface area (Å²) in [7, 11) is 0. The molecule has 1 saturated heterocycles. The van der Waals surface area contributed by atoms with Crippen LogP contribution in [0.25, 0.3) is 0 Å². The molecular formula is C20H27N3O3S. The van der Waals surface area contributed by atoms with E-state index in [1.165, 1.54) is 4.88 Å². The molecular weight excluding hydrogens is 362 g/mol. The van der Waals surface area contributed by atoms with Crippen molar-refractivity contribution in [2.24, 2.45) is 11.8 Å². The average molecular weight is 390 g/mol. The first-order valence-corrected chi connectivity index (χ1v) is 10.6. The number of fused-ring (bicyclic) bond motifs is 1. The van der Waals surface area contributed by atoms with Gasteiger partial charge in [-0.3, -0.25) is 14.5 Å². The molecule has 146 valence electrons. The van der Waals surface area contributed by atoms with Crippen LogP contribution in [0, 0.1) is 23.2 Å². The van der Waals surface area contributed by atoms with Gasteiger partial charge >= 0.3 is 5.97 Å². The molecule has 2 heterocycles. The third-order valence-corrected chi connectivity index (χ3v) is 6.62. The Morgan fingerprint density at radius 3 is 2.74 bits per heavy atom. The van der Waals surface area contributed by atoms with E-state index in [2.05, 4.69) is 23.2 Å². The summed E-state index contributed by atoms with van der Waals surface area (Å²) in [6.07, 6.45) is 4.46. The van der Waals surface area contributed by atoms with Crippen molar-refractivity contribution in [1.82, 2.24) is 4.90 Å². The molecule has 1 N–H and O–H groups in total. The third kappa shape index (κ3) is 4.69. The normalized spacial score (nSPS) is 20.6. The number of esters is 1. The van der Waals surface area contributed by atoms with E-state index in [-0.39, 0.29) is 17.8 Å². The lowest BCUT2D eigenvalue weighted by atomic mass is 9.89. The lowest BCUT2D eigenvalue weighted by Crippen LogP contribution is -2.41. The number of carbonyl (C=O) groups is 2. The van der Waals surface area contributed by atoms with E-state index >= 15 is 0 Å². The van der Waals surface area contributed by atoms with Gasteiger partial charge in [0.15, 0.2) is 0 Å². The van der Waals surface area contributed by atoms with E-state index in [4.69, 9.17) is 4.74 Å². The quantitative estimate of drug-likeness (QED) is 0.783. The van der Waals surface area contributed by atoms with Crippen molar-refractivity contribution in [1.29, 1.82) is 5.26 Å². The first-order valence-electron chi connectivity index (χ1n) is 9.75. The van der Waals surface area contributed by atoms with Crippen LogP contribution in [0.15, 0.2) is 0 Å². The lowest BCUT2D eigenvalue weighted by molar-refractivity contribution is -0.149. The van der Waals surface area contributed by atoms with Crippen molar-refractivity contribution in [2.45, 2.75) is 46.0 Å². The van der Waals surface area contributed by atoms with Crippen molar-refractivity contribution in [2.75, 3.05) is 31.6 Å². The molecule has 0 unspecified atom stereocenters. The van der Waals surface area contributed by atoms with Crippen molar-refractivity contribution >= 4 is 28.2 Å². The number of amides is 1. The summed E-state index contributed by atoms with van der Waals surface area (Å²) in [5.41, 5.74) is 1.78. The highest BCUT2D eigenvalue weighted by Crippen LogP contribution is 2.39. The highest BCUT2D eigenvalue weighted by atomic mass is 32.1. The van der Waals surface area contributed by atoms with Crippen LogP contribution in [0.2, 0.25) is 0 Å². The Morgan fingerprint density at radius 1 is 1.33 bits per heavy atom. The maximum absolute atomic E-state index is 12.5. The van der Waals surface area contributed by atoms with Crippen LogP contribution in [-0.4, -0.2) is 43.0 Å². The Labute approximate surface area is 164 Å². The molecule has 0 radical (unpaired) electrons. The van der Waals surface area contributed by atoms with Crippen LogP contribution >= 0.6 is 11.3 Å². The molecule has 7 heteroatoms. The van der Waals surface area contributed by atoms with Crippen LogP contribution < -0.4 is 5.32 Å². The van der Waals surface area contributed by atoms with Gasteiger partial charge in [0.1, 0.15) is 11.1 Å². The van der Waals surface area contributed by atoms with Gasteiger partial charge in [0.25, 0.3) is 0 Å². The van der Waals surface area contributed by atoms with E-state index in [1.54, 1.807) is 11.3 Å². The van der Waals surface area contributed by atoms with E-state index < -0.39 is 0 Å². The van der Waals surface area contributed by atoms with Crippen molar-refractivity contribution in [3.05, 3.63) is 16.0 Å². The van der Waals surface area contributed by atoms with Crippen LogP contribution in [-0.2, 0) is 27.2 Å². The number of ether oxygens (including phenoxy) is 1. The number of anilines is 1. The summed E-state index contributed by atoms with van der Waals surface area (Å²) in [4.78, 5) is 27.6. The van der Waals surface area contributed by atoms with E-state index in [1.807, 2.05) is 6.92 Å². The highest BCUT2D eigenvalue weighted by molar-refractivity contribution is 7.16. The summed E-state index contributed by atoms with van der Waals surface area (Å²) < 4.78 is 5.08. The molecule has 3 rings (SSSR count). The molecule has 1 atom stereocenters. The second kappa shape index (κ2) is 8.85. The highest BCUT2D eigenvalue weighted by Gasteiger charge is 2.28. The van der Waals surface area contributed by atoms with Crippen molar-refractivity contribution in [3.8, 4) is 6.07 Å². The molecule has 0 bridgehead atoms. The van der Waals surface area contributed by atoms with E-state index in [0.29, 0.717) is 42.7 Å². The topological polar surface area (TPSA) is 82.4 Å². The Balaban J connectivity index is 1.55. The van der Waals surface area contributed by atoms with Gasteiger partial charge in [-0.1, -0.05) is 6.92 Å². The standard InChI is InChI=1S/C20H27N3O3S/c1-3-26-20(25)14-6-8-23(9-7-14)12-18(24)22-19-16(11-21)15-5-4-13(2)10-17(15)27-19/h13-14H,3-10,12H2,1-2H3,(H,22,24)/t13-/m1/s1. The number of carbonyl (C=O) groups excluding carboxylic acids is 2. The number of hydrogen-bond acceptors (Lipinski definition) is 6. The smallest absolute Gasteiger partial charge is 0.309 e. The molecule has 1 aromatic rings. The summed E-state index contributed by atoms with van der Waals surface area (Å²) in [5, 5.41) is 13.2. The fourth-order valence-electron chi connectivity index (χ4n) is 3.91. The van der Waals surface area contributed by atoms with Gasteiger partial charge in [-0.2, -0.15) is 5.26 Å². The van der Waals surface area contributed by atoms with Gasteiger partial charge in [0.2, 0.25) is 5.91 Å². The molecule has 1 fully saturated rings. The van der Waals surface area contributed by atoms with Gasteiger partial charge in [0.05, 0.1) is 24.6 Å². The molecule has 1 aliphatic carbocycles. The number of nitriles is 1. The molecule has 0 aromatic carbocycles. The van der Waals surface area contributed by atoms with Gasteiger partial charge in [-0.15, -0.1) is 11.3 Å². The summed E-state index contributed by atoms with van der Waals surface area (Å²) >= 11 is 1.56. The number of nitrogens with zero attached hydrogens (tertiary/aromatic N) is 2. The summed E-state index contributed by atoms with van der Waals surface area (Å²) in [6.45, 7) is 6.16. The number of piperidine rings is 1. The minimum absolute atomic E-state index is 0.0551. The molecule has 0 spiro atoms. The van der Waals surface area contributed by atoms with Crippen molar-refractivity contribution < 1.29 is 14.3 Å². The first-order chi connectivity index (χ1) is 13.0. The SMILES string of the molecule is CCOC(=O)C1CCN(CC(=O)Nc2sc3c(c2C#N)CC[C@@H](C)C3)CC1. The fourth-order valence-corrected chi connectivity index (χ4v) is 5.29. The molecule has 27 heavy (non-hydrogen) atoms. The second-order valence-corrected chi connectivity index (χ2v) is 8.62. The maximum Gasteiger partial charge on any atom is 0.309 e.